The van der Waals surface area contributed by atoms with Crippen LogP contribution < -0.4 is 5.32 Å². The highest BCUT2D eigenvalue weighted by molar-refractivity contribution is 4.73. The lowest BCUT2D eigenvalue weighted by Gasteiger charge is -2.20. The van der Waals surface area contributed by atoms with Gasteiger partial charge in [-0.15, -0.1) is 0 Å². The molecule has 0 radical (unpaired) electrons. The molecular weight excluding hydrogens is 182 g/mol. The first-order valence-corrected chi connectivity index (χ1v) is 5.24. The smallest absolute Gasteiger partial charge is 0.0972 e. The Morgan fingerprint density at radius 1 is 1.36 bits per heavy atom. The molecule has 1 unspecified atom stereocenters. The first-order valence-electron chi connectivity index (χ1n) is 5.24. The molecule has 4 nitrogen and oxygen atoms in total. The van der Waals surface area contributed by atoms with Crippen LogP contribution in [0.1, 0.15) is 26.7 Å². The zero-order valence-corrected chi connectivity index (χ0v) is 9.25. The Morgan fingerprint density at radius 3 is 2.64 bits per heavy atom. The lowest BCUT2D eigenvalue weighted by atomic mass is 10.1. The monoisotopic (exact) mass is 205 g/mol. The quantitative estimate of drug-likeness (QED) is 0.468. The molecule has 0 rings (SSSR count). The second-order valence-electron chi connectivity index (χ2n) is 3.80. The van der Waals surface area contributed by atoms with Crippen molar-refractivity contribution in [2.24, 2.45) is 0 Å². The predicted octanol–water partition coefficient (Wildman–Crippen LogP) is 0.136. The highest BCUT2D eigenvalue weighted by Gasteiger charge is 2.17. The molecule has 0 aliphatic rings. The molecule has 0 aromatic heterocycles. The lowest BCUT2D eigenvalue weighted by Crippen LogP contribution is -2.41. The average Bonchev–Trinajstić information content (AvgIpc) is 2.16. The summed E-state index contributed by atoms with van der Waals surface area (Å²) in [5, 5.41) is 21.2. The van der Waals surface area contributed by atoms with E-state index in [-0.39, 0.29) is 6.61 Å². The molecule has 4 heteroatoms. The summed E-state index contributed by atoms with van der Waals surface area (Å²) in [4.78, 5) is 0. The normalized spacial score (nSPS) is 15.4. The van der Waals surface area contributed by atoms with E-state index in [4.69, 9.17) is 9.84 Å². The Kier molecular flexibility index (Phi) is 8.08. The summed E-state index contributed by atoms with van der Waals surface area (Å²) in [6, 6.07) is 0. The number of aliphatic hydroxyl groups excluding tert-OH is 1. The minimum atomic E-state index is -1.02. The summed E-state index contributed by atoms with van der Waals surface area (Å²) < 4.78 is 5.32. The van der Waals surface area contributed by atoms with Gasteiger partial charge in [0.1, 0.15) is 0 Å². The van der Waals surface area contributed by atoms with Gasteiger partial charge in [-0.2, -0.15) is 0 Å². The standard InChI is InChI=1S/C10H23NO3/c1-3-4-6-14-7-5-11-8-10(2,13)9-12/h11-13H,3-9H2,1-2H3. The van der Waals surface area contributed by atoms with Gasteiger partial charge in [0.05, 0.1) is 18.8 Å². The molecule has 0 saturated carbocycles. The zero-order chi connectivity index (χ0) is 10.9. The van der Waals surface area contributed by atoms with Crippen LogP contribution in [0.5, 0.6) is 0 Å². The molecule has 0 amide bonds. The van der Waals surface area contributed by atoms with Crippen molar-refractivity contribution in [3.05, 3.63) is 0 Å². The van der Waals surface area contributed by atoms with Crippen LogP contribution in [0.15, 0.2) is 0 Å². The number of aliphatic hydroxyl groups is 2. The van der Waals surface area contributed by atoms with Crippen molar-refractivity contribution >= 4 is 0 Å². The number of nitrogens with one attached hydrogen (secondary N) is 1. The van der Waals surface area contributed by atoms with Gasteiger partial charge in [0.15, 0.2) is 0 Å². The second-order valence-corrected chi connectivity index (χ2v) is 3.80. The van der Waals surface area contributed by atoms with Crippen LogP contribution in [0.25, 0.3) is 0 Å². The summed E-state index contributed by atoms with van der Waals surface area (Å²) in [7, 11) is 0. The van der Waals surface area contributed by atoms with E-state index in [2.05, 4.69) is 12.2 Å². The fourth-order valence-electron chi connectivity index (χ4n) is 0.906. The summed E-state index contributed by atoms with van der Waals surface area (Å²) in [6.45, 7) is 6.05. The van der Waals surface area contributed by atoms with Gasteiger partial charge in [0.25, 0.3) is 0 Å². The van der Waals surface area contributed by atoms with Crippen molar-refractivity contribution in [1.29, 1.82) is 0 Å². The number of unbranched alkanes of at least 4 members (excludes halogenated alkanes) is 1. The third-order valence-electron chi connectivity index (χ3n) is 1.91. The van der Waals surface area contributed by atoms with Gasteiger partial charge >= 0.3 is 0 Å². The van der Waals surface area contributed by atoms with E-state index in [9.17, 15) is 5.11 Å². The van der Waals surface area contributed by atoms with Gasteiger partial charge in [-0.05, 0) is 13.3 Å². The van der Waals surface area contributed by atoms with Crippen LogP contribution in [-0.4, -0.2) is 48.7 Å². The predicted molar refractivity (Wildman–Crippen MR) is 56.3 cm³/mol. The molecule has 0 aromatic rings. The highest BCUT2D eigenvalue weighted by Crippen LogP contribution is 1.97. The molecule has 0 aliphatic heterocycles. The Morgan fingerprint density at radius 2 is 2.07 bits per heavy atom. The van der Waals surface area contributed by atoms with E-state index in [0.717, 1.165) is 19.4 Å². The Hall–Kier alpha value is -0.160. The van der Waals surface area contributed by atoms with E-state index >= 15 is 0 Å². The molecular formula is C10H23NO3. The first-order chi connectivity index (χ1) is 6.62. The highest BCUT2D eigenvalue weighted by atomic mass is 16.5. The van der Waals surface area contributed by atoms with Crippen LogP contribution in [0.4, 0.5) is 0 Å². The third kappa shape index (κ3) is 8.44. The van der Waals surface area contributed by atoms with Gasteiger partial charge in [-0.25, -0.2) is 0 Å². The number of hydrogen-bond donors (Lipinski definition) is 3. The fraction of sp³-hybridized carbons (Fsp3) is 1.00. The maximum absolute atomic E-state index is 9.41. The van der Waals surface area contributed by atoms with Gasteiger partial charge in [-0.1, -0.05) is 13.3 Å². The molecule has 0 bridgehead atoms. The molecule has 0 heterocycles. The number of hydrogen-bond acceptors (Lipinski definition) is 4. The van der Waals surface area contributed by atoms with E-state index in [0.29, 0.717) is 19.7 Å². The minimum Gasteiger partial charge on any atom is -0.393 e. The van der Waals surface area contributed by atoms with Crippen molar-refractivity contribution < 1.29 is 14.9 Å². The van der Waals surface area contributed by atoms with Crippen molar-refractivity contribution in [1.82, 2.24) is 5.32 Å². The van der Waals surface area contributed by atoms with Gasteiger partial charge in [0, 0.05) is 19.7 Å². The van der Waals surface area contributed by atoms with E-state index in [1.54, 1.807) is 6.92 Å². The minimum absolute atomic E-state index is 0.226. The Bertz CT molecular complexity index is 129. The van der Waals surface area contributed by atoms with Crippen molar-refractivity contribution in [3.8, 4) is 0 Å². The zero-order valence-electron chi connectivity index (χ0n) is 9.25. The molecule has 86 valence electrons. The Balaban J connectivity index is 3.13. The first kappa shape index (κ1) is 13.8. The fourth-order valence-corrected chi connectivity index (χ4v) is 0.906. The lowest BCUT2D eigenvalue weighted by molar-refractivity contribution is 0.00142. The SMILES string of the molecule is CCCCOCCNCC(C)(O)CO. The van der Waals surface area contributed by atoms with Crippen molar-refractivity contribution in [3.63, 3.8) is 0 Å². The molecule has 0 spiro atoms. The van der Waals surface area contributed by atoms with Crippen LogP contribution in [0, 0.1) is 0 Å². The van der Waals surface area contributed by atoms with Crippen LogP contribution in [0.3, 0.4) is 0 Å². The maximum Gasteiger partial charge on any atom is 0.0972 e. The average molecular weight is 205 g/mol. The van der Waals surface area contributed by atoms with Crippen LogP contribution in [-0.2, 0) is 4.74 Å². The molecule has 0 aliphatic carbocycles. The third-order valence-corrected chi connectivity index (χ3v) is 1.91. The summed E-state index contributed by atoms with van der Waals surface area (Å²) in [5.74, 6) is 0. The van der Waals surface area contributed by atoms with Crippen LogP contribution in [0.2, 0.25) is 0 Å². The van der Waals surface area contributed by atoms with Gasteiger partial charge in [-0.3, -0.25) is 0 Å². The second kappa shape index (κ2) is 8.17. The van der Waals surface area contributed by atoms with E-state index in [1.165, 1.54) is 0 Å². The maximum atomic E-state index is 9.41. The summed E-state index contributed by atoms with van der Waals surface area (Å²) >= 11 is 0. The van der Waals surface area contributed by atoms with Gasteiger partial charge < -0.3 is 20.3 Å². The largest absolute Gasteiger partial charge is 0.393 e. The molecule has 0 saturated heterocycles. The Labute approximate surface area is 86.3 Å². The molecule has 0 aromatic carbocycles. The van der Waals surface area contributed by atoms with Gasteiger partial charge in [0.2, 0.25) is 0 Å². The molecule has 1 atom stereocenters. The summed E-state index contributed by atoms with van der Waals surface area (Å²) in [5.41, 5.74) is -1.02. The van der Waals surface area contributed by atoms with Crippen molar-refractivity contribution in [2.75, 3.05) is 32.9 Å². The molecule has 0 fully saturated rings. The topological polar surface area (TPSA) is 61.7 Å². The number of rotatable bonds is 9. The number of ether oxygens (including phenoxy) is 1. The molecule has 14 heavy (non-hydrogen) atoms. The van der Waals surface area contributed by atoms with Crippen molar-refractivity contribution in [2.45, 2.75) is 32.3 Å². The van der Waals surface area contributed by atoms with E-state index in [1.807, 2.05) is 0 Å². The summed E-state index contributed by atoms with van der Waals surface area (Å²) in [6.07, 6.45) is 2.24. The van der Waals surface area contributed by atoms with Crippen LogP contribution >= 0.6 is 0 Å². The molecule has 3 N–H and O–H groups in total. The van der Waals surface area contributed by atoms with E-state index < -0.39 is 5.60 Å².